The Labute approximate surface area is 121 Å². The predicted molar refractivity (Wildman–Crippen MR) is 81.2 cm³/mol. The Bertz CT molecular complexity index is 600. The van der Waals surface area contributed by atoms with Gasteiger partial charge in [-0.1, -0.05) is 6.07 Å². The average molecular weight is 292 g/mol. The molecule has 0 radical (unpaired) electrons. The van der Waals surface area contributed by atoms with E-state index in [0.717, 1.165) is 6.42 Å². The highest BCUT2D eigenvalue weighted by molar-refractivity contribution is 7.09. The number of anilines is 2. The standard InChI is InChI=1S/C13H16N4O2S/c1-9(8-10-4-3-7-20-10)16(2)12-6-5-11(17(18)19)13(14)15-12/h3-7,9H,8H2,1-2H3,(H2,14,15). The Balaban J connectivity index is 2.14. The van der Waals surface area contributed by atoms with E-state index in [0.29, 0.717) is 5.82 Å². The molecule has 0 spiro atoms. The lowest BCUT2D eigenvalue weighted by molar-refractivity contribution is -0.384. The van der Waals surface area contributed by atoms with Gasteiger partial charge in [0, 0.05) is 30.5 Å². The average Bonchev–Trinajstić information content (AvgIpc) is 2.90. The topological polar surface area (TPSA) is 85.3 Å². The van der Waals surface area contributed by atoms with E-state index in [4.69, 9.17) is 5.73 Å². The molecule has 7 heteroatoms. The van der Waals surface area contributed by atoms with Crippen LogP contribution >= 0.6 is 11.3 Å². The summed E-state index contributed by atoms with van der Waals surface area (Å²) in [5, 5.41) is 12.8. The van der Waals surface area contributed by atoms with Gasteiger partial charge < -0.3 is 10.6 Å². The summed E-state index contributed by atoms with van der Waals surface area (Å²) >= 11 is 1.71. The van der Waals surface area contributed by atoms with Gasteiger partial charge in [-0.05, 0) is 24.4 Å². The van der Waals surface area contributed by atoms with Crippen LogP contribution in [-0.2, 0) is 6.42 Å². The highest BCUT2D eigenvalue weighted by Gasteiger charge is 2.17. The van der Waals surface area contributed by atoms with Gasteiger partial charge in [0.1, 0.15) is 5.82 Å². The van der Waals surface area contributed by atoms with E-state index < -0.39 is 4.92 Å². The fourth-order valence-electron chi connectivity index (χ4n) is 1.89. The number of rotatable bonds is 5. The van der Waals surface area contributed by atoms with Gasteiger partial charge in [-0.25, -0.2) is 4.98 Å². The van der Waals surface area contributed by atoms with E-state index in [9.17, 15) is 10.1 Å². The Morgan fingerprint density at radius 2 is 2.25 bits per heavy atom. The summed E-state index contributed by atoms with van der Waals surface area (Å²) in [4.78, 5) is 17.6. The first-order valence-corrected chi connectivity index (χ1v) is 7.03. The lowest BCUT2D eigenvalue weighted by Crippen LogP contribution is -2.31. The molecular formula is C13H16N4O2S. The minimum absolute atomic E-state index is 0.0531. The number of nitrogens with two attached hydrogens (primary N) is 1. The number of nitrogen functional groups attached to an aromatic ring is 1. The first kappa shape index (κ1) is 14.3. The SMILES string of the molecule is CC(Cc1cccs1)N(C)c1ccc([N+](=O)[O-])c(N)n1. The molecule has 0 aromatic carbocycles. The molecule has 0 aliphatic heterocycles. The van der Waals surface area contributed by atoms with Gasteiger partial charge in [0.2, 0.25) is 5.82 Å². The molecular weight excluding hydrogens is 276 g/mol. The maximum absolute atomic E-state index is 10.7. The van der Waals surface area contributed by atoms with Crippen LogP contribution in [0.25, 0.3) is 0 Å². The maximum Gasteiger partial charge on any atom is 0.311 e. The number of thiophene rings is 1. The number of nitrogens with zero attached hydrogens (tertiary/aromatic N) is 3. The van der Waals surface area contributed by atoms with Gasteiger partial charge in [-0.2, -0.15) is 0 Å². The van der Waals surface area contributed by atoms with Gasteiger partial charge in [-0.15, -0.1) is 11.3 Å². The molecule has 20 heavy (non-hydrogen) atoms. The number of aromatic nitrogens is 1. The molecule has 2 heterocycles. The van der Waals surface area contributed by atoms with E-state index in [2.05, 4.69) is 18.0 Å². The maximum atomic E-state index is 10.7. The molecule has 0 bridgehead atoms. The summed E-state index contributed by atoms with van der Waals surface area (Å²) in [5.41, 5.74) is 5.46. The third-order valence-corrected chi connectivity index (χ3v) is 4.08. The summed E-state index contributed by atoms with van der Waals surface area (Å²) < 4.78 is 0. The first-order valence-electron chi connectivity index (χ1n) is 6.15. The quantitative estimate of drug-likeness (QED) is 0.676. The van der Waals surface area contributed by atoms with Crippen molar-refractivity contribution in [2.45, 2.75) is 19.4 Å². The Morgan fingerprint density at radius 3 is 2.80 bits per heavy atom. The first-order chi connectivity index (χ1) is 9.49. The van der Waals surface area contributed by atoms with Gasteiger partial charge in [-0.3, -0.25) is 10.1 Å². The summed E-state index contributed by atoms with van der Waals surface area (Å²) in [6, 6.07) is 7.36. The molecule has 0 fully saturated rings. The monoisotopic (exact) mass is 292 g/mol. The van der Waals surface area contributed by atoms with Crippen LogP contribution in [0.2, 0.25) is 0 Å². The van der Waals surface area contributed by atoms with E-state index in [-0.39, 0.29) is 17.5 Å². The molecule has 0 amide bonds. The van der Waals surface area contributed by atoms with Crippen molar-refractivity contribution in [1.82, 2.24) is 4.98 Å². The molecule has 1 atom stereocenters. The zero-order valence-electron chi connectivity index (χ0n) is 11.3. The summed E-state index contributed by atoms with van der Waals surface area (Å²) in [5.74, 6) is 0.583. The molecule has 2 rings (SSSR count). The van der Waals surface area contributed by atoms with Crippen molar-refractivity contribution in [3.8, 4) is 0 Å². The second kappa shape index (κ2) is 5.87. The van der Waals surface area contributed by atoms with Crippen LogP contribution in [0.15, 0.2) is 29.6 Å². The van der Waals surface area contributed by atoms with Gasteiger partial charge in [0.25, 0.3) is 0 Å². The molecule has 1 unspecified atom stereocenters. The predicted octanol–water partition coefficient (Wildman–Crippen LogP) is 2.70. The van der Waals surface area contributed by atoms with E-state index >= 15 is 0 Å². The Hall–Kier alpha value is -2.15. The van der Waals surface area contributed by atoms with Crippen LogP contribution in [0.1, 0.15) is 11.8 Å². The number of nitro groups is 1. The molecule has 2 aromatic rings. The van der Waals surface area contributed by atoms with Crippen LogP contribution in [-0.4, -0.2) is 23.0 Å². The molecule has 6 nitrogen and oxygen atoms in total. The van der Waals surface area contributed by atoms with E-state index in [1.54, 1.807) is 17.4 Å². The van der Waals surface area contributed by atoms with Crippen LogP contribution < -0.4 is 10.6 Å². The van der Waals surface area contributed by atoms with Crippen molar-refractivity contribution in [3.63, 3.8) is 0 Å². The normalized spacial score (nSPS) is 12.1. The Morgan fingerprint density at radius 1 is 1.50 bits per heavy atom. The number of hydrogen-bond donors (Lipinski definition) is 1. The van der Waals surface area contributed by atoms with Gasteiger partial charge >= 0.3 is 5.69 Å². The van der Waals surface area contributed by atoms with Crippen molar-refractivity contribution in [1.29, 1.82) is 0 Å². The van der Waals surface area contributed by atoms with Gasteiger partial charge in [0.15, 0.2) is 0 Å². The highest BCUT2D eigenvalue weighted by Crippen LogP contribution is 2.24. The number of likely N-dealkylation sites (N-methyl/N-ethyl adjacent to an activating group) is 1. The minimum atomic E-state index is -0.527. The second-order valence-electron chi connectivity index (χ2n) is 4.57. The van der Waals surface area contributed by atoms with E-state index in [1.807, 2.05) is 23.4 Å². The number of pyridine rings is 1. The third kappa shape index (κ3) is 3.05. The highest BCUT2D eigenvalue weighted by atomic mass is 32.1. The summed E-state index contributed by atoms with van der Waals surface area (Å²) in [6.07, 6.45) is 0.896. The van der Waals surface area contributed by atoms with Crippen molar-refractivity contribution in [2.75, 3.05) is 17.7 Å². The van der Waals surface area contributed by atoms with Crippen LogP contribution in [0.5, 0.6) is 0 Å². The van der Waals surface area contributed by atoms with Gasteiger partial charge in [0.05, 0.1) is 4.92 Å². The zero-order valence-corrected chi connectivity index (χ0v) is 12.1. The summed E-state index contributed by atoms with van der Waals surface area (Å²) in [7, 11) is 1.91. The minimum Gasteiger partial charge on any atom is -0.378 e. The van der Waals surface area contributed by atoms with Crippen molar-refractivity contribution in [2.24, 2.45) is 0 Å². The van der Waals surface area contributed by atoms with Crippen molar-refractivity contribution in [3.05, 3.63) is 44.6 Å². The smallest absolute Gasteiger partial charge is 0.311 e. The van der Waals surface area contributed by atoms with Crippen LogP contribution in [0.4, 0.5) is 17.3 Å². The zero-order chi connectivity index (χ0) is 14.7. The fourth-order valence-corrected chi connectivity index (χ4v) is 2.72. The largest absolute Gasteiger partial charge is 0.378 e. The van der Waals surface area contributed by atoms with Crippen molar-refractivity contribution >= 4 is 28.7 Å². The molecule has 106 valence electrons. The molecule has 0 saturated heterocycles. The lowest BCUT2D eigenvalue weighted by atomic mass is 10.2. The second-order valence-corrected chi connectivity index (χ2v) is 5.61. The number of hydrogen-bond acceptors (Lipinski definition) is 6. The van der Waals surface area contributed by atoms with Crippen LogP contribution in [0.3, 0.4) is 0 Å². The van der Waals surface area contributed by atoms with Crippen molar-refractivity contribution < 1.29 is 4.92 Å². The third-order valence-electron chi connectivity index (χ3n) is 3.18. The molecule has 0 aliphatic carbocycles. The Kier molecular flexibility index (Phi) is 4.19. The van der Waals surface area contributed by atoms with E-state index in [1.165, 1.54) is 10.9 Å². The molecule has 2 N–H and O–H groups in total. The summed E-state index contributed by atoms with van der Waals surface area (Å²) in [6.45, 7) is 2.08. The lowest BCUT2D eigenvalue weighted by Gasteiger charge is -2.25. The van der Waals surface area contributed by atoms with Crippen LogP contribution in [0, 0.1) is 10.1 Å². The molecule has 2 aromatic heterocycles. The molecule has 0 aliphatic rings. The molecule has 0 saturated carbocycles. The fraction of sp³-hybridized carbons (Fsp3) is 0.308.